The number of anilines is 1. The number of non-ortho nitro benzene ring substituents is 1. The summed E-state index contributed by atoms with van der Waals surface area (Å²) in [6, 6.07) is 13.7. The summed E-state index contributed by atoms with van der Waals surface area (Å²) < 4.78 is 0. The smallest absolute Gasteiger partial charge is 0.269 e. The summed E-state index contributed by atoms with van der Waals surface area (Å²) >= 11 is 1.78. The molecule has 0 fully saturated rings. The van der Waals surface area contributed by atoms with Crippen molar-refractivity contribution in [1.82, 2.24) is 0 Å². The number of nitrogens with one attached hydrogen (secondary N) is 1. The summed E-state index contributed by atoms with van der Waals surface area (Å²) in [7, 11) is 0. The molecule has 0 saturated heterocycles. The highest BCUT2D eigenvalue weighted by atomic mass is 32.2. The lowest BCUT2D eigenvalue weighted by atomic mass is 10.1. The highest BCUT2D eigenvalue weighted by Gasteiger charge is 2.07. The summed E-state index contributed by atoms with van der Waals surface area (Å²) in [4.78, 5) is 23.3. The second-order valence-electron chi connectivity index (χ2n) is 5.34. The molecule has 0 heterocycles. The number of amides is 1. The standard InChI is InChI=1S/C17H18N2O3S/c1-12(2)23-16-9-3-13(4-10-16)11-17(20)18-14-5-7-15(8-6-14)19(21)22/h3-10,12H,11H2,1-2H3,(H,18,20). The Kier molecular flexibility index (Phi) is 5.76. The van der Waals surface area contributed by atoms with E-state index in [1.54, 1.807) is 11.8 Å². The van der Waals surface area contributed by atoms with Crippen molar-refractivity contribution in [1.29, 1.82) is 0 Å². The molecule has 0 bridgehead atoms. The predicted molar refractivity (Wildman–Crippen MR) is 92.9 cm³/mol. The molecule has 0 radical (unpaired) electrons. The third-order valence-corrected chi connectivity index (χ3v) is 4.04. The summed E-state index contributed by atoms with van der Waals surface area (Å²) in [5.41, 5.74) is 1.48. The van der Waals surface area contributed by atoms with Gasteiger partial charge >= 0.3 is 0 Å². The van der Waals surface area contributed by atoms with Crippen LogP contribution in [0.5, 0.6) is 0 Å². The van der Waals surface area contributed by atoms with Gasteiger partial charge in [-0.2, -0.15) is 0 Å². The van der Waals surface area contributed by atoms with Crippen molar-refractivity contribution < 1.29 is 9.72 Å². The Balaban J connectivity index is 1.92. The van der Waals surface area contributed by atoms with E-state index in [2.05, 4.69) is 19.2 Å². The van der Waals surface area contributed by atoms with Crippen LogP contribution in [0, 0.1) is 10.1 Å². The van der Waals surface area contributed by atoms with Crippen LogP contribution in [0.15, 0.2) is 53.4 Å². The minimum Gasteiger partial charge on any atom is -0.326 e. The van der Waals surface area contributed by atoms with Crippen molar-refractivity contribution in [2.75, 3.05) is 5.32 Å². The maximum Gasteiger partial charge on any atom is 0.269 e. The van der Waals surface area contributed by atoms with Crippen LogP contribution >= 0.6 is 11.8 Å². The number of hydrogen-bond donors (Lipinski definition) is 1. The second kappa shape index (κ2) is 7.78. The molecule has 2 aromatic carbocycles. The quantitative estimate of drug-likeness (QED) is 0.487. The van der Waals surface area contributed by atoms with Crippen molar-refractivity contribution in [3.05, 3.63) is 64.2 Å². The second-order valence-corrected chi connectivity index (χ2v) is 6.99. The van der Waals surface area contributed by atoms with Crippen LogP contribution in [0.2, 0.25) is 0 Å². The maximum absolute atomic E-state index is 12.0. The first-order valence-corrected chi connectivity index (χ1v) is 8.12. The molecule has 0 spiro atoms. The third kappa shape index (κ3) is 5.41. The number of carbonyl (C=O) groups excluding carboxylic acids is 1. The van der Waals surface area contributed by atoms with Gasteiger partial charge in [-0.05, 0) is 29.8 Å². The Labute approximate surface area is 139 Å². The fourth-order valence-electron chi connectivity index (χ4n) is 2.02. The number of nitro benzene ring substituents is 1. The Bertz CT molecular complexity index is 682. The number of nitrogens with zero attached hydrogens (tertiary/aromatic N) is 1. The SMILES string of the molecule is CC(C)Sc1ccc(CC(=O)Nc2ccc([N+](=O)[O-])cc2)cc1. The zero-order chi connectivity index (χ0) is 16.8. The fraction of sp³-hybridized carbons (Fsp3) is 0.235. The van der Waals surface area contributed by atoms with Crippen LogP contribution < -0.4 is 5.32 Å². The average Bonchev–Trinajstić information content (AvgIpc) is 2.49. The van der Waals surface area contributed by atoms with Crippen LogP contribution in [0.4, 0.5) is 11.4 Å². The van der Waals surface area contributed by atoms with Crippen molar-refractivity contribution in [2.24, 2.45) is 0 Å². The van der Waals surface area contributed by atoms with Gasteiger partial charge < -0.3 is 5.32 Å². The van der Waals surface area contributed by atoms with E-state index < -0.39 is 4.92 Å². The van der Waals surface area contributed by atoms with E-state index in [-0.39, 0.29) is 18.0 Å². The molecule has 2 aromatic rings. The summed E-state index contributed by atoms with van der Waals surface area (Å²) in [5.74, 6) is -0.150. The number of thioether (sulfide) groups is 1. The van der Waals surface area contributed by atoms with Crippen molar-refractivity contribution in [2.45, 2.75) is 30.4 Å². The van der Waals surface area contributed by atoms with Crippen LogP contribution in [-0.4, -0.2) is 16.1 Å². The first-order chi connectivity index (χ1) is 10.9. The van der Waals surface area contributed by atoms with E-state index >= 15 is 0 Å². The normalized spacial score (nSPS) is 10.6. The fourth-order valence-corrected chi connectivity index (χ4v) is 2.85. The van der Waals surface area contributed by atoms with Crippen molar-refractivity contribution in [3.63, 3.8) is 0 Å². The van der Waals surface area contributed by atoms with Gasteiger partial charge in [-0.3, -0.25) is 14.9 Å². The molecule has 2 rings (SSSR count). The van der Waals surface area contributed by atoms with E-state index in [9.17, 15) is 14.9 Å². The molecule has 0 unspecified atom stereocenters. The lowest BCUT2D eigenvalue weighted by Crippen LogP contribution is -2.14. The lowest BCUT2D eigenvalue weighted by Gasteiger charge is -2.07. The van der Waals surface area contributed by atoms with Crippen LogP contribution in [0.1, 0.15) is 19.4 Å². The summed E-state index contributed by atoms with van der Waals surface area (Å²) in [6.07, 6.45) is 0.267. The van der Waals surface area contributed by atoms with Gasteiger partial charge in [0.15, 0.2) is 0 Å². The monoisotopic (exact) mass is 330 g/mol. The van der Waals surface area contributed by atoms with Crippen LogP contribution in [0.25, 0.3) is 0 Å². The van der Waals surface area contributed by atoms with E-state index in [0.717, 1.165) is 5.56 Å². The number of benzene rings is 2. The molecule has 0 aliphatic heterocycles. The molecule has 0 aliphatic carbocycles. The molecule has 120 valence electrons. The van der Waals surface area contributed by atoms with Crippen LogP contribution in [-0.2, 0) is 11.2 Å². The van der Waals surface area contributed by atoms with Gasteiger partial charge in [-0.25, -0.2) is 0 Å². The number of hydrogen-bond acceptors (Lipinski definition) is 4. The molecule has 0 aliphatic rings. The third-order valence-electron chi connectivity index (χ3n) is 3.02. The Hall–Kier alpha value is -2.34. The first-order valence-electron chi connectivity index (χ1n) is 7.24. The van der Waals surface area contributed by atoms with E-state index in [1.807, 2.05) is 24.3 Å². The van der Waals surface area contributed by atoms with Gasteiger partial charge in [0.05, 0.1) is 11.3 Å². The molecule has 0 aromatic heterocycles. The predicted octanol–water partition coefficient (Wildman–Crippen LogP) is 4.28. The van der Waals surface area contributed by atoms with E-state index in [4.69, 9.17) is 0 Å². The number of carbonyl (C=O) groups is 1. The van der Waals surface area contributed by atoms with Crippen molar-refractivity contribution >= 4 is 29.0 Å². The zero-order valence-corrected chi connectivity index (χ0v) is 13.8. The minimum absolute atomic E-state index is 0.00115. The highest BCUT2D eigenvalue weighted by Crippen LogP contribution is 2.23. The number of rotatable bonds is 6. The molecule has 0 saturated carbocycles. The average molecular weight is 330 g/mol. The van der Waals surface area contributed by atoms with Gasteiger partial charge in [0.1, 0.15) is 0 Å². The summed E-state index contributed by atoms with van der Waals surface area (Å²) in [6.45, 7) is 4.27. The Morgan fingerprint density at radius 2 is 1.74 bits per heavy atom. The highest BCUT2D eigenvalue weighted by molar-refractivity contribution is 7.99. The maximum atomic E-state index is 12.0. The topological polar surface area (TPSA) is 72.2 Å². The molecule has 0 atom stereocenters. The Morgan fingerprint density at radius 1 is 1.13 bits per heavy atom. The first kappa shape index (κ1) is 17.0. The number of nitro groups is 1. The molecule has 1 N–H and O–H groups in total. The largest absolute Gasteiger partial charge is 0.326 e. The lowest BCUT2D eigenvalue weighted by molar-refractivity contribution is -0.384. The molecule has 23 heavy (non-hydrogen) atoms. The molecule has 1 amide bonds. The van der Waals surface area contributed by atoms with Gasteiger partial charge in [0.25, 0.3) is 5.69 Å². The van der Waals surface area contributed by atoms with Gasteiger partial charge in [-0.15, -0.1) is 11.8 Å². The van der Waals surface area contributed by atoms with E-state index in [0.29, 0.717) is 10.9 Å². The van der Waals surface area contributed by atoms with Gasteiger partial charge in [0, 0.05) is 28.0 Å². The van der Waals surface area contributed by atoms with Gasteiger partial charge in [-0.1, -0.05) is 26.0 Å². The molecular formula is C17H18N2O3S. The zero-order valence-electron chi connectivity index (χ0n) is 13.0. The Morgan fingerprint density at radius 3 is 2.26 bits per heavy atom. The minimum atomic E-state index is -0.470. The van der Waals surface area contributed by atoms with Crippen LogP contribution in [0.3, 0.4) is 0 Å². The summed E-state index contributed by atoms with van der Waals surface area (Å²) in [5, 5.41) is 13.8. The molecular weight excluding hydrogens is 312 g/mol. The van der Waals surface area contributed by atoms with Crippen molar-refractivity contribution in [3.8, 4) is 0 Å². The van der Waals surface area contributed by atoms with E-state index in [1.165, 1.54) is 29.2 Å². The molecule has 6 heteroatoms. The molecule has 5 nitrogen and oxygen atoms in total. The van der Waals surface area contributed by atoms with Gasteiger partial charge in [0.2, 0.25) is 5.91 Å².